The molecule has 0 spiro atoms. The van der Waals surface area contributed by atoms with E-state index in [1.165, 1.54) is 18.5 Å². The molecular formula is C17H28O2Si. The molecule has 0 aromatic heterocycles. The zero-order chi connectivity index (χ0) is 14.4. The fourth-order valence-corrected chi connectivity index (χ4v) is 6.77. The lowest BCUT2D eigenvalue weighted by atomic mass is 9.90. The van der Waals surface area contributed by atoms with Gasteiger partial charge in [0.2, 0.25) is 0 Å². The summed E-state index contributed by atoms with van der Waals surface area (Å²) in [5, 5.41) is 0. The second kappa shape index (κ2) is 5.01. The number of allylic oxidation sites excluding steroid dienone is 2. The van der Waals surface area contributed by atoms with Crippen LogP contribution in [0.3, 0.4) is 0 Å². The summed E-state index contributed by atoms with van der Waals surface area (Å²) in [5.74, 6) is 1.37. The van der Waals surface area contributed by atoms with Crippen LogP contribution in [0.4, 0.5) is 0 Å². The molecule has 1 saturated carbocycles. The van der Waals surface area contributed by atoms with E-state index in [2.05, 4.69) is 32.2 Å². The highest BCUT2D eigenvalue weighted by Gasteiger charge is 2.45. The van der Waals surface area contributed by atoms with Crippen molar-refractivity contribution in [3.8, 4) is 0 Å². The molecule has 2 fully saturated rings. The molecule has 1 saturated heterocycles. The quantitative estimate of drug-likeness (QED) is 0.438. The van der Waals surface area contributed by atoms with Crippen LogP contribution >= 0.6 is 0 Å². The van der Waals surface area contributed by atoms with Gasteiger partial charge in [-0.1, -0.05) is 44.3 Å². The fraction of sp³-hybridized carbons (Fsp3) is 0.824. The summed E-state index contributed by atoms with van der Waals surface area (Å²) in [6, 6.07) is 2.62. The maximum absolute atomic E-state index is 12.6. The number of esters is 1. The summed E-state index contributed by atoms with van der Waals surface area (Å²) >= 11 is 0. The summed E-state index contributed by atoms with van der Waals surface area (Å²) in [7, 11) is -0.994. The van der Waals surface area contributed by atoms with Gasteiger partial charge in [0, 0.05) is 8.07 Å². The molecule has 0 amide bonds. The first-order valence-corrected chi connectivity index (χ1v) is 11.8. The third kappa shape index (κ3) is 2.61. The number of rotatable bonds is 3. The van der Waals surface area contributed by atoms with Crippen LogP contribution in [0.2, 0.25) is 25.2 Å². The molecule has 3 unspecified atom stereocenters. The van der Waals surface area contributed by atoms with Crippen molar-refractivity contribution in [2.24, 2.45) is 17.8 Å². The molecule has 3 rings (SSSR count). The van der Waals surface area contributed by atoms with E-state index in [-0.39, 0.29) is 17.5 Å². The van der Waals surface area contributed by atoms with E-state index in [0.717, 1.165) is 25.7 Å². The molecule has 3 atom stereocenters. The van der Waals surface area contributed by atoms with Crippen molar-refractivity contribution >= 4 is 14.0 Å². The van der Waals surface area contributed by atoms with Gasteiger partial charge < -0.3 is 4.74 Å². The number of hydrogen-bond acceptors (Lipinski definition) is 2. The number of carbonyl (C=O) groups is 1. The van der Waals surface area contributed by atoms with Crippen molar-refractivity contribution in [3.05, 3.63) is 12.2 Å². The van der Waals surface area contributed by atoms with Crippen molar-refractivity contribution < 1.29 is 9.53 Å². The van der Waals surface area contributed by atoms with Crippen LogP contribution in [0.15, 0.2) is 12.2 Å². The number of fused-ring (bicyclic) bond motifs is 2. The Bertz CT molecular complexity index is 417. The fourth-order valence-electron chi connectivity index (χ4n) is 4.25. The summed E-state index contributed by atoms with van der Waals surface area (Å²) in [6.07, 6.45) is 9.93. The summed E-state index contributed by atoms with van der Waals surface area (Å²) in [4.78, 5) is 12.6. The van der Waals surface area contributed by atoms with Gasteiger partial charge in [0.1, 0.15) is 5.60 Å². The molecule has 3 aliphatic rings. The third-order valence-corrected chi connectivity index (χ3v) is 9.26. The SMILES string of the molecule is CCC1(OC(=O)C2CC3C=CC2C3)CC[Si](C)(C)CC1. The molecule has 0 N–H and O–H groups in total. The van der Waals surface area contributed by atoms with Crippen molar-refractivity contribution in [2.75, 3.05) is 0 Å². The third-order valence-electron chi connectivity index (χ3n) is 6.06. The van der Waals surface area contributed by atoms with Crippen molar-refractivity contribution in [1.82, 2.24) is 0 Å². The molecule has 2 nitrogen and oxygen atoms in total. The normalized spacial score (nSPS) is 37.0. The zero-order valence-corrected chi connectivity index (χ0v) is 14.2. The molecule has 0 aromatic rings. The monoisotopic (exact) mass is 292 g/mol. The second-order valence-electron chi connectivity index (χ2n) is 8.01. The largest absolute Gasteiger partial charge is 0.459 e. The van der Waals surface area contributed by atoms with Crippen LogP contribution in [0.25, 0.3) is 0 Å². The summed E-state index contributed by atoms with van der Waals surface area (Å²) in [5.41, 5.74) is -0.134. The summed E-state index contributed by atoms with van der Waals surface area (Å²) in [6.45, 7) is 7.12. The zero-order valence-electron chi connectivity index (χ0n) is 13.2. The molecule has 1 aliphatic heterocycles. The van der Waals surface area contributed by atoms with Crippen molar-refractivity contribution in [3.63, 3.8) is 0 Å². The van der Waals surface area contributed by atoms with E-state index in [0.29, 0.717) is 11.8 Å². The average Bonchev–Trinajstić information content (AvgIpc) is 3.04. The van der Waals surface area contributed by atoms with Crippen LogP contribution in [0.1, 0.15) is 39.0 Å². The minimum Gasteiger partial charge on any atom is -0.459 e. The van der Waals surface area contributed by atoms with Gasteiger partial charge in [0.15, 0.2) is 0 Å². The highest BCUT2D eigenvalue weighted by molar-refractivity contribution is 6.77. The maximum Gasteiger partial charge on any atom is 0.310 e. The lowest BCUT2D eigenvalue weighted by Crippen LogP contribution is -2.45. The van der Waals surface area contributed by atoms with Crippen LogP contribution in [0.5, 0.6) is 0 Å². The molecule has 0 radical (unpaired) electrons. The standard InChI is InChI=1S/C17H28O2Si/c1-4-17(7-9-20(2,3)10-8-17)19-16(18)15-12-13-5-6-14(15)11-13/h5-6,13-15H,4,7-12H2,1-3H3. The first kappa shape index (κ1) is 14.4. The van der Waals surface area contributed by atoms with Crippen LogP contribution < -0.4 is 0 Å². The molecule has 3 heteroatoms. The van der Waals surface area contributed by atoms with Gasteiger partial charge in [0.25, 0.3) is 0 Å². The first-order chi connectivity index (χ1) is 9.43. The van der Waals surface area contributed by atoms with Gasteiger partial charge in [-0.25, -0.2) is 0 Å². The molecule has 2 bridgehead atoms. The molecule has 112 valence electrons. The Morgan fingerprint density at radius 2 is 1.95 bits per heavy atom. The van der Waals surface area contributed by atoms with Crippen molar-refractivity contribution in [2.45, 2.75) is 69.8 Å². The Hall–Kier alpha value is -0.573. The molecular weight excluding hydrogens is 264 g/mol. The van der Waals surface area contributed by atoms with E-state index in [9.17, 15) is 4.79 Å². The van der Waals surface area contributed by atoms with Crippen LogP contribution in [0, 0.1) is 17.8 Å². The van der Waals surface area contributed by atoms with Crippen molar-refractivity contribution in [1.29, 1.82) is 0 Å². The van der Waals surface area contributed by atoms with Gasteiger partial charge in [0.05, 0.1) is 5.92 Å². The Morgan fingerprint density at radius 3 is 2.45 bits per heavy atom. The van der Waals surface area contributed by atoms with E-state index < -0.39 is 8.07 Å². The highest BCUT2D eigenvalue weighted by atomic mass is 28.3. The van der Waals surface area contributed by atoms with E-state index >= 15 is 0 Å². The van der Waals surface area contributed by atoms with Gasteiger partial charge in [-0.05, 0) is 43.9 Å². The van der Waals surface area contributed by atoms with Gasteiger partial charge in [-0.3, -0.25) is 4.79 Å². The highest BCUT2D eigenvalue weighted by Crippen LogP contribution is 2.46. The Morgan fingerprint density at radius 1 is 1.25 bits per heavy atom. The lowest BCUT2D eigenvalue weighted by molar-refractivity contribution is -0.167. The predicted octanol–water partition coefficient (Wildman–Crippen LogP) is 4.39. The second-order valence-corrected chi connectivity index (χ2v) is 13.3. The predicted molar refractivity (Wildman–Crippen MR) is 84.3 cm³/mol. The van der Waals surface area contributed by atoms with E-state index in [4.69, 9.17) is 4.74 Å². The van der Waals surface area contributed by atoms with Gasteiger partial charge in [-0.2, -0.15) is 0 Å². The number of ether oxygens (including phenoxy) is 1. The Labute approximate surface area is 124 Å². The van der Waals surface area contributed by atoms with E-state index in [1.807, 2.05) is 0 Å². The Kier molecular flexibility index (Phi) is 3.60. The summed E-state index contributed by atoms with van der Waals surface area (Å²) < 4.78 is 6.11. The lowest BCUT2D eigenvalue weighted by Gasteiger charge is -2.42. The Balaban J connectivity index is 1.63. The number of carbonyl (C=O) groups excluding carboxylic acids is 1. The maximum atomic E-state index is 12.6. The molecule has 20 heavy (non-hydrogen) atoms. The molecule has 1 heterocycles. The minimum atomic E-state index is -0.994. The molecule has 2 aliphatic carbocycles. The van der Waals surface area contributed by atoms with Gasteiger partial charge >= 0.3 is 5.97 Å². The van der Waals surface area contributed by atoms with E-state index in [1.54, 1.807) is 0 Å². The van der Waals surface area contributed by atoms with Gasteiger partial charge in [-0.15, -0.1) is 0 Å². The average molecular weight is 292 g/mol. The number of hydrogen-bond donors (Lipinski definition) is 0. The minimum absolute atomic E-state index is 0.102. The van der Waals surface area contributed by atoms with Crippen LogP contribution in [-0.2, 0) is 9.53 Å². The molecule has 0 aromatic carbocycles. The van der Waals surface area contributed by atoms with Crippen LogP contribution in [-0.4, -0.2) is 19.6 Å². The smallest absolute Gasteiger partial charge is 0.310 e. The topological polar surface area (TPSA) is 26.3 Å². The first-order valence-electron chi connectivity index (χ1n) is 8.34.